The molecule has 3 rings (SSSR count). The molecule has 1 N–H and O–H groups in total. The van der Waals surface area contributed by atoms with Gasteiger partial charge in [-0.1, -0.05) is 31.5 Å². The minimum absolute atomic E-state index is 0.0254. The Bertz CT molecular complexity index is 647. The second-order valence-electron chi connectivity index (χ2n) is 5.83. The minimum Gasteiger partial charge on any atom is -0.411 e. The standard InChI is InChI=1S/C16H20N4O2S/c1-11-4-2-3-5-13(11)18-14(21)10-23-16-20-19-15(22-16)12-6-8-17-9-7-12/h6-9,11,13H,2-5,10H2,1H3,(H,18,21). The lowest BCUT2D eigenvalue weighted by Gasteiger charge is -2.29. The van der Waals surface area contributed by atoms with Crippen LogP contribution in [0.15, 0.2) is 34.2 Å². The molecule has 1 amide bonds. The van der Waals surface area contributed by atoms with Crippen LogP contribution in [-0.2, 0) is 4.79 Å². The number of rotatable bonds is 5. The first-order valence-electron chi connectivity index (χ1n) is 7.88. The van der Waals surface area contributed by atoms with Crippen LogP contribution in [0.5, 0.6) is 0 Å². The van der Waals surface area contributed by atoms with Crippen molar-refractivity contribution in [2.45, 2.75) is 43.9 Å². The van der Waals surface area contributed by atoms with Crippen LogP contribution >= 0.6 is 11.8 Å². The van der Waals surface area contributed by atoms with E-state index in [1.54, 1.807) is 24.5 Å². The number of nitrogens with zero attached hydrogens (tertiary/aromatic N) is 3. The Kier molecular flexibility index (Phi) is 5.27. The fraction of sp³-hybridized carbons (Fsp3) is 0.500. The van der Waals surface area contributed by atoms with Crippen LogP contribution in [0, 0.1) is 5.92 Å². The maximum absolute atomic E-state index is 12.1. The van der Waals surface area contributed by atoms with Gasteiger partial charge in [-0.05, 0) is 30.9 Å². The van der Waals surface area contributed by atoms with E-state index in [-0.39, 0.29) is 5.91 Å². The topological polar surface area (TPSA) is 80.9 Å². The molecule has 0 saturated heterocycles. The maximum atomic E-state index is 12.1. The van der Waals surface area contributed by atoms with Crippen molar-refractivity contribution in [3.05, 3.63) is 24.5 Å². The Balaban J connectivity index is 1.50. The fourth-order valence-electron chi connectivity index (χ4n) is 2.79. The zero-order valence-electron chi connectivity index (χ0n) is 13.1. The first kappa shape index (κ1) is 16.0. The number of hydrogen-bond donors (Lipinski definition) is 1. The molecular weight excluding hydrogens is 312 g/mol. The van der Waals surface area contributed by atoms with Gasteiger partial charge < -0.3 is 9.73 Å². The van der Waals surface area contributed by atoms with E-state index in [1.165, 1.54) is 31.0 Å². The molecule has 0 bridgehead atoms. The van der Waals surface area contributed by atoms with Gasteiger partial charge in [-0.3, -0.25) is 9.78 Å². The summed E-state index contributed by atoms with van der Waals surface area (Å²) in [6, 6.07) is 3.91. The molecule has 0 spiro atoms. The van der Waals surface area contributed by atoms with E-state index in [1.807, 2.05) is 0 Å². The first-order chi connectivity index (χ1) is 11.2. The summed E-state index contributed by atoms with van der Waals surface area (Å²) in [7, 11) is 0. The molecule has 0 aliphatic heterocycles. The van der Waals surface area contributed by atoms with Crippen molar-refractivity contribution >= 4 is 17.7 Å². The summed E-state index contributed by atoms with van der Waals surface area (Å²) in [6.45, 7) is 2.20. The summed E-state index contributed by atoms with van der Waals surface area (Å²) < 4.78 is 5.56. The molecule has 2 unspecified atom stereocenters. The zero-order chi connectivity index (χ0) is 16.1. The molecule has 0 radical (unpaired) electrons. The molecule has 2 aromatic rings. The second kappa shape index (κ2) is 7.59. The molecule has 1 aliphatic rings. The Hall–Kier alpha value is -1.89. The fourth-order valence-corrected chi connectivity index (χ4v) is 3.36. The molecule has 1 saturated carbocycles. The highest BCUT2D eigenvalue weighted by atomic mass is 32.2. The molecule has 7 heteroatoms. The third kappa shape index (κ3) is 4.31. The molecule has 2 heterocycles. The highest BCUT2D eigenvalue weighted by Gasteiger charge is 2.23. The Labute approximate surface area is 139 Å². The summed E-state index contributed by atoms with van der Waals surface area (Å²) in [5.74, 6) is 1.31. The molecule has 0 aromatic carbocycles. The summed E-state index contributed by atoms with van der Waals surface area (Å²) >= 11 is 1.27. The van der Waals surface area contributed by atoms with Crippen LogP contribution in [0.2, 0.25) is 0 Å². The van der Waals surface area contributed by atoms with E-state index >= 15 is 0 Å². The molecule has 23 heavy (non-hydrogen) atoms. The zero-order valence-corrected chi connectivity index (χ0v) is 13.9. The molecule has 2 aromatic heterocycles. The number of aromatic nitrogens is 3. The lowest BCUT2D eigenvalue weighted by atomic mass is 9.86. The number of hydrogen-bond acceptors (Lipinski definition) is 6. The number of nitrogens with one attached hydrogen (secondary N) is 1. The van der Waals surface area contributed by atoms with Gasteiger partial charge in [-0.25, -0.2) is 0 Å². The number of carbonyl (C=O) groups excluding carboxylic acids is 1. The predicted octanol–water partition coefficient (Wildman–Crippen LogP) is 2.92. The van der Waals surface area contributed by atoms with Crippen molar-refractivity contribution in [2.75, 3.05) is 5.75 Å². The summed E-state index contributed by atoms with van der Waals surface area (Å²) in [5.41, 5.74) is 0.819. The third-order valence-electron chi connectivity index (χ3n) is 4.12. The van der Waals surface area contributed by atoms with Gasteiger partial charge in [-0.2, -0.15) is 0 Å². The number of thioether (sulfide) groups is 1. The molecule has 2 atom stereocenters. The van der Waals surface area contributed by atoms with Gasteiger partial charge in [0.15, 0.2) is 0 Å². The maximum Gasteiger partial charge on any atom is 0.277 e. The van der Waals surface area contributed by atoms with Gasteiger partial charge >= 0.3 is 0 Å². The smallest absolute Gasteiger partial charge is 0.277 e. The first-order valence-corrected chi connectivity index (χ1v) is 8.87. The van der Waals surface area contributed by atoms with E-state index in [2.05, 4.69) is 27.4 Å². The average Bonchev–Trinajstić information content (AvgIpc) is 3.05. The molecule has 122 valence electrons. The summed E-state index contributed by atoms with van der Waals surface area (Å²) in [4.78, 5) is 16.0. The van der Waals surface area contributed by atoms with Gasteiger partial charge in [0.1, 0.15) is 0 Å². The van der Waals surface area contributed by atoms with E-state index in [4.69, 9.17) is 4.42 Å². The predicted molar refractivity (Wildman–Crippen MR) is 87.8 cm³/mol. The van der Waals surface area contributed by atoms with Crippen molar-refractivity contribution in [3.63, 3.8) is 0 Å². The van der Waals surface area contributed by atoms with E-state index in [0.29, 0.717) is 28.8 Å². The lowest BCUT2D eigenvalue weighted by Crippen LogP contribution is -2.41. The quantitative estimate of drug-likeness (QED) is 0.848. The van der Waals surface area contributed by atoms with E-state index < -0.39 is 0 Å². The largest absolute Gasteiger partial charge is 0.411 e. The van der Waals surface area contributed by atoms with Crippen LogP contribution in [0.25, 0.3) is 11.5 Å². The summed E-state index contributed by atoms with van der Waals surface area (Å²) in [6.07, 6.45) is 8.07. The normalized spacial score (nSPS) is 21.1. The van der Waals surface area contributed by atoms with Crippen LogP contribution in [0.1, 0.15) is 32.6 Å². The van der Waals surface area contributed by atoms with Crippen LogP contribution in [0.4, 0.5) is 0 Å². The Morgan fingerprint density at radius 2 is 2.09 bits per heavy atom. The highest BCUT2D eigenvalue weighted by molar-refractivity contribution is 7.99. The van der Waals surface area contributed by atoms with Crippen molar-refractivity contribution in [1.82, 2.24) is 20.5 Å². The van der Waals surface area contributed by atoms with Gasteiger partial charge in [0.25, 0.3) is 5.22 Å². The molecule has 1 aliphatic carbocycles. The van der Waals surface area contributed by atoms with Gasteiger partial charge in [0, 0.05) is 24.0 Å². The van der Waals surface area contributed by atoms with Gasteiger partial charge in [-0.15, -0.1) is 10.2 Å². The second-order valence-corrected chi connectivity index (χ2v) is 6.76. The van der Waals surface area contributed by atoms with E-state index in [9.17, 15) is 4.79 Å². The molecular formula is C16H20N4O2S. The van der Waals surface area contributed by atoms with Crippen molar-refractivity contribution in [1.29, 1.82) is 0 Å². The monoisotopic (exact) mass is 332 g/mol. The Morgan fingerprint density at radius 3 is 2.87 bits per heavy atom. The molecule has 1 fully saturated rings. The van der Waals surface area contributed by atoms with Crippen molar-refractivity contribution in [2.24, 2.45) is 5.92 Å². The van der Waals surface area contributed by atoms with Crippen LogP contribution in [-0.4, -0.2) is 32.9 Å². The van der Waals surface area contributed by atoms with Gasteiger partial charge in [0.05, 0.1) is 5.75 Å². The lowest BCUT2D eigenvalue weighted by molar-refractivity contribution is -0.119. The Morgan fingerprint density at radius 1 is 1.30 bits per heavy atom. The summed E-state index contributed by atoms with van der Waals surface area (Å²) in [5, 5.41) is 11.5. The minimum atomic E-state index is 0.0254. The molecule has 6 nitrogen and oxygen atoms in total. The van der Waals surface area contributed by atoms with Crippen LogP contribution < -0.4 is 5.32 Å². The highest BCUT2D eigenvalue weighted by Crippen LogP contribution is 2.25. The van der Waals surface area contributed by atoms with Crippen LogP contribution in [0.3, 0.4) is 0 Å². The van der Waals surface area contributed by atoms with Gasteiger partial charge in [0.2, 0.25) is 11.8 Å². The van der Waals surface area contributed by atoms with Crippen molar-refractivity contribution in [3.8, 4) is 11.5 Å². The van der Waals surface area contributed by atoms with Crippen molar-refractivity contribution < 1.29 is 9.21 Å². The van der Waals surface area contributed by atoms with E-state index in [0.717, 1.165) is 12.0 Å². The number of pyridine rings is 1. The third-order valence-corrected chi connectivity index (χ3v) is 4.94. The number of amides is 1. The SMILES string of the molecule is CC1CCCCC1NC(=O)CSc1nnc(-c2ccncc2)o1. The number of carbonyl (C=O) groups is 1. The average molecular weight is 332 g/mol.